The van der Waals surface area contributed by atoms with Crippen molar-refractivity contribution in [3.63, 3.8) is 0 Å². The fraction of sp³-hybridized carbons (Fsp3) is 0.133. The van der Waals surface area contributed by atoms with E-state index in [2.05, 4.69) is 9.97 Å². The van der Waals surface area contributed by atoms with Crippen LogP contribution in [-0.2, 0) is 7.05 Å². The van der Waals surface area contributed by atoms with Crippen molar-refractivity contribution >= 4 is 22.5 Å². The van der Waals surface area contributed by atoms with Gasteiger partial charge in [-0.2, -0.15) is 0 Å². The molecule has 0 radical (unpaired) electrons. The molecular weight excluding hydrogens is 274 g/mol. The van der Waals surface area contributed by atoms with Gasteiger partial charge in [0.05, 0.1) is 5.69 Å². The second-order valence-corrected chi connectivity index (χ2v) is 5.05. The molecule has 0 amide bonds. The Balaban J connectivity index is 2.45. The highest BCUT2D eigenvalue weighted by Crippen LogP contribution is 2.27. The van der Waals surface area contributed by atoms with E-state index in [0.29, 0.717) is 10.7 Å². The zero-order chi connectivity index (χ0) is 14.3. The predicted octanol–water partition coefficient (Wildman–Crippen LogP) is 2.96. The third-order valence-electron chi connectivity index (χ3n) is 3.26. The van der Waals surface area contributed by atoms with Crippen molar-refractivity contribution in [2.24, 2.45) is 7.05 Å². The smallest absolute Gasteiger partial charge is 0.276 e. The Hall–Kier alpha value is -2.20. The van der Waals surface area contributed by atoms with Crippen LogP contribution in [0, 0.1) is 6.92 Å². The van der Waals surface area contributed by atoms with Gasteiger partial charge in [0.2, 0.25) is 0 Å². The maximum Gasteiger partial charge on any atom is 0.276 e. The average Bonchev–Trinajstić information content (AvgIpc) is 2.46. The summed E-state index contributed by atoms with van der Waals surface area (Å²) >= 11 is 5.99. The van der Waals surface area contributed by atoms with Crippen molar-refractivity contribution in [1.29, 1.82) is 0 Å². The lowest BCUT2D eigenvalue weighted by Gasteiger charge is -2.10. The standard InChI is InChI=1S/C15H12ClN3O/c1-9-5-6-12(16)18-13(9)11-8-19(2)15(20)14-10(11)4-3-7-17-14/h3-8H,1-2H3. The molecule has 3 aromatic heterocycles. The summed E-state index contributed by atoms with van der Waals surface area (Å²) in [6.45, 7) is 1.96. The molecule has 3 heterocycles. The van der Waals surface area contributed by atoms with Crippen molar-refractivity contribution < 1.29 is 0 Å². The van der Waals surface area contributed by atoms with E-state index in [-0.39, 0.29) is 5.56 Å². The SMILES string of the molecule is Cc1ccc(Cl)nc1-c1cn(C)c(=O)c2ncccc12. The topological polar surface area (TPSA) is 47.8 Å². The Morgan fingerprint density at radius 2 is 2.05 bits per heavy atom. The number of aryl methyl sites for hydroxylation is 2. The molecule has 0 saturated carbocycles. The second-order valence-electron chi connectivity index (χ2n) is 4.66. The minimum atomic E-state index is -0.121. The molecule has 3 aromatic rings. The van der Waals surface area contributed by atoms with Crippen LogP contribution in [0.4, 0.5) is 0 Å². The van der Waals surface area contributed by atoms with Gasteiger partial charge in [0.15, 0.2) is 0 Å². The van der Waals surface area contributed by atoms with E-state index in [0.717, 1.165) is 22.2 Å². The molecule has 3 rings (SSSR count). The van der Waals surface area contributed by atoms with Gasteiger partial charge in [-0.15, -0.1) is 0 Å². The van der Waals surface area contributed by atoms with Crippen molar-refractivity contribution in [2.75, 3.05) is 0 Å². The zero-order valence-corrected chi connectivity index (χ0v) is 11.8. The lowest BCUT2D eigenvalue weighted by atomic mass is 10.0. The Morgan fingerprint density at radius 3 is 2.85 bits per heavy atom. The molecule has 5 heteroatoms. The molecule has 20 heavy (non-hydrogen) atoms. The molecule has 0 aromatic carbocycles. The number of hydrogen-bond donors (Lipinski definition) is 0. The highest BCUT2D eigenvalue weighted by Gasteiger charge is 2.12. The molecule has 0 fully saturated rings. The van der Waals surface area contributed by atoms with Gasteiger partial charge in [-0.25, -0.2) is 4.98 Å². The third kappa shape index (κ3) is 1.98. The van der Waals surface area contributed by atoms with Crippen LogP contribution in [0.25, 0.3) is 22.2 Å². The van der Waals surface area contributed by atoms with Crippen molar-refractivity contribution in [3.05, 3.63) is 57.7 Å². The minimum Gasteiger partial charge on any atom is -0.316 e. The third-order valence-corrected chi connectivity index (χ3v) is 3.47. The normalized spacial score (nSPS) is 10.9. The maximum absolute atomic E-state index is 12.1. The molecule has 0 unspecified atom stereocenters. The van der Waals surface area contributed by atoms with Crippen molar-refractivity contribution in [3.8, 4) is 11.3 Å². The fourth-order valence-corrected chi connectivity index (χ4v) is 2.40. The first-order valence-electron chi connectivity index (χ1n) is 6.16. The molecule has 0 saturated heterocycles. The summed E-state index contributed by atoms with van der Waals surface area (Å²) in [7, 11) is 1.71. The Labute approximate surface area is 120 Å². The number of hydrogen-bond acceptors (Lipinski definition) is 3. The highest BCUT2D eigenvalue weighted by atomic mass is 35.5. The Morgan fingerprint density at radius 1 is 1.25 bits per heavy atom. The minimum absolute atomic E-state index is 0.121. The van der Waals surface area contributed by atoms with Crippen molar-refractivity contribution in [1.82, 2.24) is 14.5 Å². The van der Waals surface area contributed by atoms with Crippen LogP contribution in [-0.4, -0.2) is 14.5 Å². The quantitative estimate of drug-likeness (QED) is 0.646. The van der Waals surface area contributed by atoms with E-state index in [1.807, 2.05) is 25.1 Å². The van der Waals surface area contributed by atoms with Crippen LogP contribution < -0.4 is 5.56 Å². The lowest BCUT2D eigenvalue weighted by Crippen LogP contribution is -2.17. The van der Waals surface area contributed by atoms with E-state index in [1.165, 1.54) is 4.57 Å². The molecular formula is C15H12ClN3O. The number of pyridine rings is 3. The summed E-state index contributed by atoms with van der Waals surface area (Å²) in [5.41, 5.74) is 2.94. The van der Waals surface area contributed by atoms with Gasteiger partial charge in [0.1, 0.15) is 10.7 Å². The van der Waals surface area contributed by atoms with Gasteiger partial charge < -0.3 is 4.57 Å². The maximum atomic E-state index is 12.1. The molecule has 4 nitrogen and oxygen atoms in total. The first kappa shape index (κ1) is 12.8. The molecule has 0 aliphatic rings. The van der Waals surface area contributed by atoms with Crippen LogP contribution >= 0.6 is 11.6 Å². The van der Waals surface area contributed by atoms with E-state index in [9.17, 15) is 4.79 Å². The summed E-state index contributed by atoms with van der Waals surface area (Å²) in [4.78, 5) is 20.7. The monoisotopic (exact) mass is 285 g/mol. The van der Waals surface area contributed by atoms with E-state index in [4.69, 9.17) is 11.6 Å². The summed E-state index contributed by atoms with van der Waals surface area (Å²) in [5, 5.41) is 1.21. The number of aromatic nitrogens is 3. The zero-order valence-electron chi connectivity index (χ0n) is 11.1. The molecule has 0 aliphatic heterocycles. The number of rotatable bonds is 1. The van der Waals surface area contributed by atoms with E-state index >= 15 is 0 Å². The van der Waals surface area contributed by atoms with Gasteiger partial charge in [0.25, 0.3) is 5.56 Å². The highest BCUT2D eigenvalue weighted by molar-refractivity contribution is 6.29. The van der Waals surface area contributed by atoms with Crippen LogP contribution in [0.1, 0.15) is 5.56 Å². The summed E-state index contributed by atoms with van der Waals surface area (Å²) in [6, 6.07) is 7.35. The van der Waals surface area contributed by atoms with Crippen LogP contribution in [0.3, 0.4) is 0 Å². The molecule has 0 spiro atoms. The fourth-order valence-electron chi connectivity index (χ4n) is 2.25. The molecule has 0 atom stereocenters. The molecule has 100 valence electrons. The second kappa shape index (κ2) is 4.72. The molecule has 0 aliphatic carbocycles. The summed E-state index contributed by atoms with van der Waals surface area (Å²) in [6.07, 6.45) is 3.39. The van der Waals surface area contributed by atoms with Crippen LogP contribution in [0.5, 0.6) is 0 Å². The average molecular weight is 286 g/mol. The lowest BCUT2D eigenvalue weighted by molar-refractivity contribution is 0.869. The largest absolute Gasteiger partial charge is 0.316 e. The van der Waals surface area contributed by atoms with Gasteiger partial charge in [-0.05, 0) is 24.6 Å². The number of fused-ring (bicyclic) bond motifs is 1. The molecule has 0 N–H and O–H groups in total. The number of halogens is 1. The Kier molecular flexibility index (Phi) is 3.03. The number of nitrogens with zero attached hydrogens (tertiary/aromatic N) is 3. The molecule has 0 bridgehead atoms. The van der Waals surface area contributed by atoms with Gasteiger partial charge >= 0.3 is 0 Å². The summed E-state index contributed by atoms with van der Waals surface area (Å²) < 4.78 is 1.52. The van der Waals surface area contributed by atoms with E-state index < -0.39 is 0 Å². The summed E-state index contributed by atoms with van der Waals surface area (Å²) in [5.74, 6) is 0. The van der Waals surface area contributed by atoms with Gasteiger partial charge in [-0.1, -0.05) is 23.7 Å². The van der Waals surface area contributed by atoms with Gasteiger partial charge in [-0.3, -0.25) is 9.78 Å². The first-order valence-corrected chi connectivity index (χ1v) is 6.53. The van der Waals surface area contributed by atoms with Crippen molar-refractivity contribution in [2.45, 2.75) is 6.92 Å². The predicted molar refractivity (Wildman–Crippen MR) is 80.0 cm³/mol. The first-order chi connectivity index (χ1) is 9.58. The Bertz CT molecular complexity index is 871. The van der Waals surface area contributed by atoms with Crippen LogP contribution in [0.2, 0.25) is 5.15 Å². The van der Waals surface area contributed by atoms with E-state index in [1.54, 1.807) is 25.5 Å². The van der Waals surface area contributed by atoms with Gasteiger partial charge in [0, 0.05) is 30.4 Å². The van der Waals surface area contributed by atoms with Crippen LogP contribution in [0.15, 0.2) is 41.5 Å².